The molecule has 0 aliphatic heterocycles. The molecule has 0 spiro atoms. The number of aliphatic carboxylic acids is 1. The molecule has 36 heavy (non-hydrogen) atoms. The van der Waals surface area contributed by atoms with Crippen LogP contribution in [0.3, 0.4) is 0 Å². The lowest BCUT2D eigenvalue weighted by atomic mass is 9.78. The zero-order valence-electron chi connectivity index (χ0n) is 20.7. The molecule has 1 atom stereocenters. The molecule has 0 radical (unpaired) electrons. The van der Waals surface area contributed by atoms with Gasteiger partial charge in [-0.2, -0.15) is 0 Å². The highest BCUT2D eigenvalue weighted by Crippen LogP contribution is 2.38. The van der Waals surface area contributed by atoms with Crippen molar-refractivity contribution in [2.75, 3.05) is 6.61 Å². The second-order valence-corrected chi connectivity index (χ2v) is 9.98. The van der Waals surface area contributed by atoms with Crippen molar-refractivity contribution in [1.82, 2.24) is 14.0 Å². The van der Waals surface area contributed by atoms with Crippen molar-refractivity contribution in [3.8, 4) is 11.6 Å². The third-order valence-electron chi connectivity index (χ3n) is 7.08. The lowest BCUT2D eigenvalue weighted by molar-refractivity contribution is -0.147. The van der Waals surface area contributed by atoms with Gasteiger partial charge in [0, 0.05) is 30.7 Å². The van der Waals surface area contributed by atoms with Crippen LogP contribution in [-0.2, 0) is 24.9 Å². The number of benzene rings is 2. The fourth-order valence-corrected chi connectivity index (χ4v) is 4.93. The summed E-state index contributed by atoms with van der Waals surface area (Å²) in [5.41, 5.74) is 2.91. The molecule has 2 N–H and O–H groups in total. The normalized spacial score (nSPS) is 18.1. The van der Waals surface area contributed by atoms with E-state index in [4.69, 9.17) is 16.3 Å². The van der Waals surface area contributed by atoms with E-state index >= 15 is 0 Å². The van der Waals surface area contributed by atoms with Crippen LogP contribution in [0.4, 0.5) is 0 Å². The highest BCUT2D eigenvalue weighted by Gasteiger charge is 2.39. The average molecular weight is 514 g/mol. The standard InChI is InChI=1S/C27H32ClN3O5/c1-17-12-19(4-9-24(17)36-11-10-30-25(32)16-29(3)27(30)35)15-31(23-13-21(14-23)26(33)34)18(2)20-5-7-22(28)8-6-20/h4-9,12,16,18,21,23,32H,10-11,13-15H2,1-3H3,(H,33,34)/t18-,21?,23?/m1/s1. The Kier molecular flexibility index (Phi) is 7.76. The minimum absolute atomic E-state index is 0.0887. The first-order valence-electron chi connectivity index (χ1n) is 12.1. The van der Waals surface area contributed by atoms with Crippen LogP contribution in [0.1, 0.15) is 42.5 Å². The minimum Gasteiger partial charge on any atom is -0.493 e. The summed E-state index contributed by atoms with van der Waals surface area (Å²) in [7, 11) is 1.59. The number of aromatic nitrogens is 2. The Morgan fingerprint density at radius 2 is 1.92 bits per heavy atom. The monoisotopic (exact) mass is 513 g/mol. The molecular weight excluding hydrogens is 482 g/mol. The summed E-state index contributed by atoms with van der Waals surface area (Å²) in [5.74, 6) is -0.388. The minimum atomic E-state index is -0.728. The molecule has 0 saturated heterocycles. The van der Waals surface area contributed by atoms with Gasteiger partial charge in [0.05, 0.1) is 18.7 Å². The van der Waals surface area contributed by atoms with Gasteiger partial charge in [0.15, 0.2) is 0 Å². The van der Waals surface area contributed by atoms with E-state index in [0.29, 0.717) is 30.2 Å². The molecule has 0 bridgehead atoms. The Morgan fingerprint density at radius 1 is 1.22 bits per heavy atom. The van der Waals surface area contributed by atoms with Gasteiger partial charge in [-0.1, -0.05) is 35.9 Å². The molecule has 1 aliphatic carbocycles. The first kappa shape index (κ1) is 25.9. The third kappa shape index (κ3) is 5.60. The molecule has 8 nitrogen and oxygen atoms in total. The molecule has 0 unspecified atom stereocenters. The Bertz CT molecular complexity index is 1280. The summed E-state index contributed by atoms with van der Waals surface area (Å²) in [6.45, 7) is 5.28. The highest BCUT2D eigenvalue weighted by atomic mass is 35.5. The van der Waals surface area contributed by atoms with Gasteiger partial charge in [-0.25, -0.2) is 4.79 Å². The van der Waals surface area contributed by atoms with E-state index in [0.717, 1.165) is 16.7 Å². The lowest BCUT2D eigenvalue weighted by Gasteiger charge is -2.44. The Morgan fingerprint density at radius 3 is 2.50 bits per heavy atom. The van der Waals surface area contributed by atoms with Crippen molar-refractivity contribution in [2.45, 2.75) is 51.9 Å². The Labute approximate surface area is 215 Å². The highest BCUT2D eigenvalue weighted by molar-refractivity contribution is 6.30. The number of imidazole rings is 1. The molecule has 1 aliphatic rings. The second-order valence-electron chi connectivity index (χ2n) is 9.54. The number of halogens is 1. The quantitative estimate of drug-likeness (QED) is 0.418. The Balaban J connectivity index is 1.45. The molecule has 3 aromatic rings. The predicted octanol–water partition coefficient (Wildman–Crippen LogP) is 4.36. The van der Waals surface area contributed by atoms with Crippen LogP contribution in [0.2, 0.25) is 5.02 Å². The molecule has 1 saturated carbocycles. The summed E-state index contributed by atoms with van der Waals surface area (Å²) in [6.07, 6.45) is 2.65. The summed E-state index contributed by atoms with van der Waals surface area (Å²) in [5, 5.41) is 19.9. The number of ether oxygens (including phenoxy) is 1. The SMILES string of the molecule is Cc1cc(CN(C2CC(C(=O)O)C2)[C@H](C)c2ccc(Cl)cc2)ccc1OCCn1c(O)cn(C)c1=O. The number of nitrogens with zero attached hydrogens (tertiary/aromatic N) is 3. The van der Waals surface area contributed by atoms with Crippen LogP contribution in [0.25, 0.3) is 0 Å². The van der Waals surface area contributed by atoms with Gasteiger partial charge in [0.2, 0.25) is 5.88 Å². The van der Waals surface area contributed by atoms with Crippen molar-refractivity contribution >= 4 is 17.6 Å². The summed E-state index contributed by atoms with van der Waals surface area (Å²) >= 11 is 6.08. The number of hydrogen-bond donors (Lipinski definition) is 2. The number of carbonyl (C=O) groups is 1. The fraction of sp³-hybridized carbons (Fsp3) is 0.407. The zero-order chi connectivity index (χ0) is 26.0. The molecule has 1 aromatic heterocycles. The van der Waals surface area contributed by atoms with Gasteiger partial charge in [-0.05, 0) is 61.6 Å². The van der Waals surface area contributed by atoms with Gasteiger partial charge in [-0.3, -0.25) is 18.8 Å². The fourth-order valence-electron chi connectivity index (χ4n) is 4.80. The number of carboxylic acids is 1. The number of aromatic hydroxyl groups is 1. The number of aryl methyl sites for hydroxylation is 2. The van der Waals surface area contributed by atoms with Gasteiger partial charge in [-0.15, -0.1) is 0 Å². The largest absolute Gasteiger partial charge is 0.493 e. The topological polar surface area (TPSA) is 96.9 Å². The van der Waals surface area contributed by atoms with E-state index in [1.165, 1.54) is 15.3 Å². The van der Waals surface area contributed by atoms with Crippen LogP contribution in [0.15, 0.2) is 53.5 Å². The van der Waals surface area contributed by atoms with E-state index in [-0.39, 0.29) is 42.7 Å². The summed E-state index contributed by atoms with van der Waals surface area (Å²) in [6, 6.07) is 14.1. The maximum absolute atomic E-state index is 12.0. The number of carboxylic acid groups (broad SMARTS) is 1. The maximum atomic E-state index is 12.0. The van der Waals surface area contributed by atoms with E-state index in [1.54, 1.807) is 7.05 Å². The third-order valence-corrected chi connectivity index (χ3v) is 7.33. The van der Waals surface area contributed by atoms with Crippen LogP contribution in [0, 0.1) is 12.8 Å². The zero-order valence-corrected chi connectivity index (χ0v) is 21.5. The molecule has 1 fully saturated rings. The van der Waals surface area contributed by atoms with Crippen molar-refractivity contribution in [3.63, 3.8) is 0 Å². The molecular formula is C27H32ClN3O5. The van der Waals surface area contributed by atoms with Crippen molar-refractivity contribution < 1.29 is 19.7 Å². The maximum Gasteiger partial charge on any atom is 0.330 e. The first-order chi connectivity index (χ1) is 17.1. The Hall–Kier alpha value is -3.23. The van der Waals surface area contributed by atoms with Crippen LogP contribution in [0.5, 0.6) is 11.6 Å². The van der Waals surface area contributed by atoms with Crippen molar-refractivity contribution in [2.24, 2.45) is 13.0 Å². The van der Waals surface area contributed by atoms with Gasteiger partial charge in [0.25, 0.3) is 0 Å². The van der Waals surface area contributed by atoms with Crippen LogP contribution >= 0.6 is 11.6 Å². The van der Waals surface area contributed by atoms with Crippen molar-refractivity contribution in [3.05, 3.63) is 80.9 Å². The van der Waals surface area contributed by atoms with E-state index in [2.05, 4.69) is 17.9 Å². The smallest absolute Gasteiger partial charge is 0.330 e. The van der Waals surface area contributed by atoms with Gasteiger partial charge < -0.3 is 14.9 Å². The number of rotatable bonds is 10. The molecule has 9 heteroatoms. The van der Waals surface area contributed by atoms with Gasteiger partial charge in [0.1, 0.15) is 12.4 Å². The van der Waals surface area contributed by atoms with Crippen LogP contribution < -0.4 is 10.4 Å². The van der Waals surface area contributed by atoms with E-state index < -0.39 is 5.97 Å². The molecule has 192 valence electrons. The van der Waals surface area contributed by atoms with E-state index in [9.17, 15) is 19.8 Å². The molecule has 2 aromatic carbocycles. The average Bonchev–Trinajstić information content (AvgIpc) is 3.04. The number of hydrogen-bond acceptors (Lipinski definition) is 5. The van der Waals surface area contributed by atoms with E-state index in [1.807, 2.05) is 43.3 Å². The molecule has 0 amide bonds. The first-order valence-corrected chi connectivity index (χ1v) is 12.4. The lowest BCUT2D eigenvalue weighted by Crippen LogP contribution is -2.47. The summed E-state index contributed by atoms with van der Waals surface area (Å²) < 4.78 is 8.49. The molecule has 4 rings (SSSR count). The van der Waals surface area contributed by atoms with Crippen molar-refractivity contribution in [1.29, 1.82) is 0 Å². The molecule has 1 heterocycles. The summed E-state index contributed by atoms with van der Waals surface area (Å²) in [4.78, 5) is 25.8. The predicted molar refractivity (Wildman–Crippen MR) is 138 cm³/mol. The second kappa shape index (κ2) is 10.8. The van der Waals surface area contributed by atoms with Gasteiger partial charge >= 0.3 is 11.7 Å². The van der Waals surface area contributed by atoms with Crippen LogP contribution in [-0.4, -0.2) is 42.9 Å².